The van der Waals surface area contributed by atoms with Crippen molar-refractivity contribution in [3.63, 3.8) is 0 Å². The van der Waals surface area contributed by atoms with E-state index in [1.807, 2.05) is 0 Å². The minimum Gasteiger partial charge on any atom is -0.328 e. The minimum atomic E-state index is -2.79. The van der Waals surface area contributed by atoms with Crippen LogP contribution in [0.1, 0.15) is 38.5 Å². The molecule has 2 rings (SSSR count). The molecule has 1 unspecified atom stereocenters. The van der Waals surface area contributed by atoms with E-state index in [-0.39, 0.29) is 5.25 Å². The third kappa shape index (κ3) is 2.96. The molecule has 1 aliphatic carbocycles. The van der Waals surface area contributed by atoms with Crippen molar-refractivity contribution in [2.45, 2.75) is 55.9 Å². The van der Waals surface area contributed by atoms with E-state index in [1.54, 1.807) is 0 Å². The van der Waals surface area contributed by atoms with Crippen LogP contribution < -0.4 is 11.1 Å². The second-order valence-electron chi connectivity index (χ2n) is 5.15. The van der Waals surface area contributed by atoms with E-state index in [4.69, 9.17) is 5.73 Å². The van der Waals surface area contributed by atoms with Gasteiger partial charge in [-0.15, -0.1) is 0 Å². The van der Waals surface area contributed by atoms with Crippen molar-refractivity contribution < 1.29 is 8.42 Å². The van der Waals surface area contributed by atoms with Gasteiger partial charge in [-0.2, -0.15) is 0 Å². The Hall–Kier alpha value is -0.130. The van der Waals surface area contributed by atoms with Crippen LogP contribution in [-0.2, 0) is 9.84 Å². The lowest BCUT2D eigenvalue weighted by atomic mass is 9.92. The molecule has 1 atom stereocenters. The molecule has 0 aromatic carbocycles. The maximum Gasteiger partial charge on any atom is 0.154 e. The summed E-state index contributed by atoms with van der Waals surface area (Å²) in [5.74, 6) is 0.384. The molecule has 0 amide bonds. The van der Waals surface area contributed by atoms with Gasteiger partial charge in [0.2, 0.25) is 0 Å². The molecule has 94 valence electrons. The Balaban J connectivity index is 1.75. The van der Waals surface area contributed by atoms with Crippen LogP contribution in [0.5, 0.6) is 0 Å². The van der Waals surface area contributed by atoms with Gasteiger partial charge in [0.05, 0.1) is 11.0 Å². The Labute approximate surface area is 97.9 Å². The molecule has 0 aromatic heterocycles. The van der Waals surface area contributed by atoms with E-state index in [9.17, 15) is 8.42 Å². The molecule has 2 fully saturated rings. The van der Waals surface area contributed by atoms with Crippen molar-refractivity contribution in [3.8, 4) is 0 Å². The van der Waals surface area contributed by atoms with Crippen molar-refractivity contribution in [1.29, 1.82) is 0 Å². The summed E-state index contributed by atoms with van der Waals surface area (Å²) < 4.78 is 23.3. The normalized spacial score (nSPS) is 38.7. The van der Waals surface area contributed by atoms with Crippen molar-refractivity contribution in [1.82, 2.24) is 5.32 Å². The summed E-state index contributed by atoms with van der Waals surface area (Å²) in [6.45, 7) is 0.641. The van der Waals surface area contributed by atoms with Gasteiger partial charge in [-0.1, -0.05) is 0 Å². The molecule has 1 saturated carbocycles. The summed E-state index contributed by atoms with van der Waals surface area (Å²) >= 11 is 0. The predicted octanol–water partition coefficient (Wildman–Crippen LogP) is 0.423. The smallest absolute Gasteiger partial charge is 0.154 e. The molecule has 4 nitrogen and oxygen atoms in total. The van der Waals surface area contributed by atoms with Gasteiger partial charge in [0.25, 0.3) is 0 Å². The topological polar surface area (TPSA) is 72.2 Å². The Bertz CT molecular complexity index is 321. The Morgan fingerprint density at radius 1 is 1.12 bits per heavy atom. The van der Waals surface area contributed by atoms with Gasteiger partial charge < -0.3 is 11.1 Å². The maximum atomic E-state index is 11.6. The van der Waals surface area contributed by atoms with Crippen LogP contribution in [0.15, 0.2) is 0 Å². The first-order valence-corrected chi connectivity index (χ1v) is 8.00. The average molecular weight is 246 g/mol. The molecule has 2 aliphatic rings. The first-order valence-electron chi connectivity index (χ1n) is 6.28. The molecule has 1 aliphatic heterocycles. The molecule has 0 bridgehead atoms. The van der Waals surface area contributed by atoms with Crippen LogP contribution in [0.2, 0.25) is 0 Å². The molecule has 1 saturated heterocycles. The fraction of sp³-hybridized carbons (Fsp3) is 1.00. The number of rotatable bonds is 3. The molecular weight excluding hydrogens is 224 g/mol. The molecule has 0 spiro atoms. The number of nitrogens with one attached hydrogen (secondary N) is 1. The maximum absolute atomic E-state index is 11.6. The largest absolute Gasteiger partial charge is 0.328 e. The summed E-state index contributed by atoms with van der Waals surface area (Å²) in [5.41, 5.74) is 5.83. The number of sulfone groups is 1. The van der Waals surface area contributed by atoms with Gasteiger partial charge in [-0.05, 0) is 38.5 Å². The van der Waals surface area contributed by atoms with Crippen molar-refractivity contribution in [2.75, 3.05) is 12.3 Å². The molecule has 0 aromatic rings. The summed E-state index contributed by atoms with van der Waals surface area (Å²) in [7, 11) is -2.79. The van der Waals surface area contributed by atoms with Gasteiger partial charge in [0, 0.05) is 18.6 Å². The van der Waals surface area contributed by atoms with Crippen molar-refractivity contribution in [3.05, 3.63) is 0 Å². The first-order chi connectivity index (χ1) is 7.58. The fourth-order valence-corrected chi connectivity index (χ4v) is 4.49. The zero-order valence-corrected chi connectivity index (χ0v) is 10.5. The van der Waals surface area contributed by atoms with Crippen LogP contribution in [-0.4, -0.2) is 38.0 Å². The molecule has 3 N–H and O–H groups in total. The zero-order chi connectivity index (χ0) is 11.6. The summed E-state index contributed by atoms with van der Waals surface area (Å²) in [5, 5.41) is 3.27. The standard InChI is InChI=1S/C11H22N2O2S/c12-9-3-5-10(6-4-9)13-8-11-2-1-7-16(11,14)15/h9-11,13H,1-8,12H2. The highest BCUT2D eigenvalue weighted by Crippen LogP contribution is 2.21. The number of hydrogen-bond acceptors (Lipinski definition) is 4. The van der Waals surface area contributed by atoms with E-state index < -0.39 is 9.84 Å². The quantitative estimate of drug-likeness (QED) is 0.757. The lowest BCUT2D eigenvalue weighted by Gasteiger charge is -2.27. The van der Waals surface area contributed by atoms with E-state index in [2.05, 4.69) is 5.32 Å². The van der Waals surface area contributed by atoms with Gasteiger partial charge in [0.15, 0.2) is 9.84 Å². The highest BCUT2D eigenvalue weighted by molar-refractivity contribution is 7.92. The number of nitrogens with two attached hydrogens (primary N) is 1. The van der Waals surface area contributed by atoms with E-state index in [1.165, 1.54) is 0 Å². The third-order valence-electron chi connectivity index (χ3n) is 3.87. The van der Waals surface area contributed by atoms with Gasteiger partial charge in [0.1, 0.15) is 0 Å². The summed E-state index contributed by atoms with van der Waals surface area (Å²) in [6.07, 6.45) is 5.98. The average Bonchev–Trinajstić information content (AvgIpc) is 2.57. The molecular formula is C11H22N2O2S. The molecule has 0 radical (unpaired) electrons. The van der Waals surface area contributed by atoms with E-state index in [0.29, 0.717) is 24.4 Å². The van der Waals surface area contributed by atoms with Gasteiger partial charge in [-0.25, -0.2) is 8.42 Å². The van der Waals surface area contributed by atoms with Crippen LogP contribution in [0.3, 0.4) is 0 Å². The van der Waals surface area contributed by atoms with E-state index in [0.717, 1.165) is 38.5 Å². The highest BCUT2D eigenvalue weighted by Gasteiger charge is 2.31. The number of hydrogen-bond donors (Lipinski definition) is 2. The second kappa shape index (κ2) is 5.02. The van der Waals surface area contributed by atoms with Gasteiger partial charge in [-0.3, -0.25) is 0 Å². The van der Waals surface area contributed by atoms with E-state index >= 15 is 0 Å². The SMILES string of the molecule is NC1CCC(NCC2CCCS2(=O)=O)CC1. The lowest BCUT2D eigenvalue weighted by molar-refractivity contribution is 0.342. The Morgan fingerprint density at radius 2 is 1.81 bits per heavy atom. The highest BCUT2D eigenvalue weighted by atomic mass is 32.2. The zero-order valence-electron chi connectivity index (χ0n) is 9.69. The Kier molecular flexibility index (Phi) is 3.87. The molecule has 5 heteroatoms. The summed E-state index contributed by atoms with van der Waals surface area (Å²) in [4.78, 5) is 0. The monoisotopic (exact) mass is 246 g/mol. The Morgan fingerprint density at radius 3 is 2.38 bits per heavy atom. The predicted molar refractivity (Wildman–Crippen MR) is 65.0 cm³/mol. The van der Waals surface area contributed by atoms with Crippen molar-refractivity contribution in [2.24, 2.45) is 5.73 Å². The second-order valence-corrected chi connectivity index (χ2v) is 7.55. The van der Waals surface area contributed by atoms with Crippen LogP contribution in [0.25, 0.3) is 0 Å². The summed E-state index contributed by atoms with van der Waals surface area (Å²) in [6, 6.07) is 0.837. The molecule has 16 heavy (non-hydrogen) atoms. The molecule has 1 heterocycles. The van der Waals surface area contributed by atoms with Crippen LogP contribution >= 0.6 is 0 Å². The van der Waals surface area contributed by atoms with Crippen LogP contribution in [0.4, 0.5) is 0 Å². The van der Waals surface area contributed by atoms with Crippen molar-refractivity contribution >= 4 is 9.84 Å². The fourth-order valence-electron chi connectivity index (χ4n) is 2.71. The van der Waals surface area contributed by atoms with Crippen LogP contribution in [0, 0.1) is 0 Å². The van der Waals surface area contributed by atoms with Gasteiger partial charge >= 0.3 is 0 Å². The first kappa shape index (κ1) is 12.3. The third-order valence-corrected chi connectivity index (χ3v) is 6.14. The minimum absolute atomic E-state index is 0.136. The lowest BCUT2D eigenvalue weighted by Crippen LogP contribution is -2.41.